The van der Waals surface area contributed by atoms with E-state index in [1.807, 2.05) is 48.8 Å². The number of fused-ring (bicyclic) bond motifs is 3. The summed E-state index contributed by atoms with van der Waals surface area (Å²) in [5.41, 5.74) is 0.440. The second-order valence-electron chi connectivity index (χ2n) is 15.7. The fourth-order valence-electron chi connectivity index (χ4n) is 7.09. The Hall–Kier alpha value is -4.18. The summed E-state index contributed by atoms with van der Waals surface area (Å²) in [4.78, 5) is 61.8. The Morgan fingerprint density at radius 3 is 2.55 bits per heavy atom. The van der Waals surface area contributed by atoms with Crippen molar-refractivity contribution in [3.63, 3.8) is 0 Å². The lowest BCUT2D eigenvalue weighted by atomic mass is 10.0. The van der Waals surface area contributed by atoms with Crippen LogP contribution in [-0.2, 0) is 35.8 Å². The molecular formula is C37H55N7O8S. The molecular weight excluding hydrogens is 703 g/mol. The van der Waals surface area contributed by atoms with Gasteiger partial charge in [-0.2, -0.15) is 17.7 Å². The Labute approximate surface area is 312 Å². The summed E-state index contributed by atoms with van der Waals surface area (Å²) in [5.74, 6) is -2.42. The lowest BCUT2D eigenvalue weighted by molar-refractivity contribution is -0.141. The third-order valence-corrected chi connectivity index (χ3v) is 11.4. The molecule has 53 heavy (non-hydrogen) atoms. The van der Waals surface area contributed by atoms with Crippen LogP contribution in [0.1, 0.15) is 98.1 Å². The van der Waals surface area contributed by atoms with E-state index in [0.717, 1.165) is 40.2 Å². The summed E-state index contributed by atoms with van der Waals surface area (Å²) in [5, 5.41) is 5.61. The molecule has 1 aromatic carbocycles. The summed E-state index contributed by atoms with van der Waals surface area (Å²) in [7, 11) is -1.56. The van der Waals surface area contributed by atoms with Crippen LogP contribution in [-0.4, -0.2) is 101 Å². The average Bonchev–Trinajstić information content (AvgIpc) is 3.38. The van der Waals surface area contributed by atoms with E-state index < -0.39 is 69.3 Å². The molecule has 0 spiro atoms. The number of nitrogens with one attached hydrogen (secondary N) is 3. The molecule has 1 saturated carbocycles. The van der Waals surface area contributed by atoms with Gasteiger partial charge in [-0.25, -0.2) is 9.52 Å². The number of para-hydroxylation sites is 1. The number of carbonyl (C=O) groups excluding carboxylic acids is 4. The van der Waals surface area contributed by atoms with Crippen LogP contribution in [0.15, 0.2) is 30.4 Å². The Morgan fingerprint density at radius 2 is 1.89 bits per heavy atom. The van der Waals surface area contributed by atoms with E-state index in [2.05, 4.69) is 22.3 Å². The monoisotopic (exact) mass is 757 g/mol. The standard InChI is InChI=1S/C37H55N7O8S/c1-9-24-16-15-19-28-30(24)39-34(44(28)23(2)3)51-26-20-29-31(45)40-37(33(47)41-53(49,50)42(7)8)21-25(37)17-13-11-10-12-14-18-27(32(46)43(29)22-26)38-35(48)52-36(4,5)6/h13,15-17,19,23,25-27,29H,9-12,14,18,20-22H2,1-8H3,(H,38,48)(H,40,45)(H,41,47)/b17-13-/t25-,26-,27+,29+,37-/m1/s1. The van der Waals surface area contributed by atoms with E-state index in [0.29, 0.717) is 25.3 Å². The fraction of sp³-hybridized carbons (Fsp3) is 0.649. The van der Waals surface area contributed by atoms with Gasteiger partial charge in [-0.15, -0.1) is 0 Å². The predicted molar refractivity (Wildman–Crippen MR) is 199 cm³/mol. The molecule has 0 unspecified atom stereocenters. The van der Waals surface area contributed by atoms with Gasteiger partial charge in [-0.05, 0) is 78.4 Å². The van der Waals surface area contributed by atoms with Crippen LogP contribution in [0.4, 0.5) is 4.79 Å². The van der Waals surface area contributed by atoms with Crippen molar-refractivity contribution in [2.24, 2.45) is 5.92 Å². The minimum atomic E-state index is -4.16. The fourth-order valence-corrected chi connectivity index (χ4v) is 7.68. The van der Waals surface area contributed by atoms with Gasteiger partial charge in [-0.3, -0.25) is 19.0 Å². The highest BCUT2D eigenvalue weighted by Crippen LogP contribution is 2.46. The maximum atomic E-state index is 14.5. The van der Waals surface area contributed by atoms with Gasteiger partial charge in [0, 0.05) is 32.5 Å². The van der Waals surface area contributed by atoms with Gasteiger partial charge in [0.1, 0.15) is 29.3 Å². The summed E-state index contributed by atoms with van der Waals surface area (Å²) < 4.78 is 42.4. The number of ether oxygens (including phenoxy) is 2. The molecule has 0 radical (unpaired) electrons. The number of allylic oxidation sites excluding steroid dienone is 1. The lowest BCUT2D eigenvalue weighted by Crippen LogP contribution is -2.58. The Morgan fingerprint density at radius 1 is 1.15 bits per heavy atom. The number of benzene rings is 1. The van der Waals surface area contributed by atoms with Crippen molar-refractivity contribution in [3.05, 3.63) is 35.9 Å². The quantitative estimate of drug-likeness (QED) is 0.338. The minimum Gasteiger partial charge on any atom is -0.459 e. The number of hydrogen-bond donors (Lipinski definition) is 3. The number of imidazole rings is 1. The molecule has 4 amide bonds. The summed E-state index contributed by atoms with van der Waals surface area (Å²) >= 11 is 0. The predicted octanol–water partition coefficient (Wildman–Crippen LogP) is 3.74. The van der Waals surface area contributed by atoms with Gasteiger partial charge in [0.2, 0.25) is 11.8 Å². The number of rotatable bonds is 8. The minimum absolute atomic E-state index is 0.00287. The number of hydrogen-bond acceptors (Lipinski definition) is 9. The van der Waals surface area contributed by atoms with E-state index in [4.69, 9.17) is 14.5 Å². The van der Waals surface area contributed by atoms with Crippen LogP contribution in [0, 0.1) is 5.92 Å². The molecule has 16 heteroatoms. The van der Waals surface area contributed by atoms with E-state index >= 15 is 0 Å². The van der Waals surface area contributed by atoms with Gasteiger partial charge in [-0.1, -0.05) is 44.1 Å². The number of aryl methyl sites for hydroxylation is 1. The topological polar surface area (TPSA) is 181 Å². The zero-order valence-electron chi connectivity index (χ0n) is 32.1. The average molecular weight is 758 g/mol. The summed E-state index contributed by atoms with van der Waals surface area (Å²) in [6.07, 6.45) is 6.55. The third kappa shape index (κ3) is 8.97. The molecule has 0 bridgehead atoms. The first-order valence-corrected chi connectivity index (χ1v) is 20.0. The van der Waals surface area contributed by atoms with Crippen LogP contribution in [0.25, 0.3) is 11.0 Å². The van der Waals surface area contributed by atoms with Crippen LogP contribution in [0.5, 0.6) is 6.01 Å². The van der Waals surface area contributed by atoms with E-state index in [1.165, 1.54) is 19.0 Å². The largest absolute Gasteiger partial charge is 0.459 e. The zero-order chi connectivity index (χ0) is 38.9. The van der Waals surface area contributed by atoms with Gasteiger partial charge in [0.25, 0.3) is 11.9 Å². The number of alkyl carbamates (subject to hydrolysis) is 1. The van der Waals surface area contributed by atoms with Crippen LogP contribution < -0.4 is 20.1 Å². The molecule has 3 heterocycles. The van der Waals surface area contributed by atoms with Crippen molar-refractivity contribution in [2.45, 2.75) is 128 Å². The Kier molecular flexibility index (Phi) is 11.8. The van der Waals surface area contributed by atoms with E-state index in [1.54, 1.807) is 20.8 Å². The molecule has 2 aliphatic heterocycles. The van der Waals surface area contributed by atoms with Gasteiger partial charge in [0.05, 0.1) is 17.6 Å². The van der Waals surface area contributed by atoms with Crippen LogP contribution >= 0.6 is 0 Å². The normalized spacial score (nSPS) is 26.3. The molecule has 1 aliphatic carbocycles. The molecule has 5 rings (SSSR count). The maximum Gasteiger partial charge on any atom is 0.408 e. The van der Waals surface area contributed by atoms with Crippen molar-refractivity contribution in [3.8, 4) is 6.01 Å². The molecule has 1 aromatic heterocycles. The Bertz CT molecular complexity index is 1850. The van der Waals surface area contributed by atoms with Crippen molar-refractivity contribution in [1.82, 2.24) is 34.1 Å². The first kappa shape index (κ1) is 40.0. The zero-order valence-corrected chi connectivity index (χ0v) is 32.9. The van der Waals surface area contributed by atoms with Crippen LogP contribution in [0.3, 0.4) is 0 Å². The van der Waals surface area contributed by atoms with Crippen LogP contribution in [0.2, 0.25) is 0 Å². The highest BCUT2D eigenvalue weighted by atomic mass is 32.2. The summed E-state index contributed by atoms with van der Waals surface area (Å²) in [6, 6.07) is 4.22. The first-order valence-electron chi connectivity index (χ1n) is 18.6. The van der Waals surface area contributed by atoms with Crippen molar-refractivity contribution < 1.29 is 37.1 Å². The third-order valence-electron chi connectivity index (χ3n) is 9.98. The number of carbonyl (C=O) groups is 4. The highest BCUT2D eigenvalue weighted by molar-refractivity contribution is 7.87. The number of aromatic nitrogens is 2. The molecule has 5 atom stereocenters. The first-order chi connectivity index (χ1) is 24.9. The Balaban J connectivity index is 1.51. The van der Waals surface area contributed by atoms with E-state index in [-0.39, 0.29) is 25.4 Å². The van der Waals surface area contributed by atoms with E-state index in [9.17, 15) is 27.6 Å². The highest BCUT2D eigenvalue weighted by Gasteiger charge is 2.61. The molecule has 292 valence electrons. The van der Waals surface area contributed by atoms with Crippen molar-refractivity contribution in [1.29, 1.82) is 0 Å². The molecule has 15 nitrogen and oxygen atoms in total. The van der Waals surface area contributed by atoms with Gasteiger partial charge >= 0.3 is 16.3 Å². The molecule has 3 N–H and O–H groups in total. The summed E-state index contributed by atoms with van der Waals surface area (Å²) in [6.45, 7) is 11.3. The van der Waals surface area contributed by atoms with Gasteiger partial charge in [0.15, 0.2) is 0 Å². The molecule has 2 fully saturated rings. The molecule has 1 saturated heterocycles. The lowest BCUT2D eigenvalue weighted by Gasteiger charge is -2.30. The second-order valence-corrected chi connectivity index (χ2v) is 17.6. The number of amides is 4. The SMILES string of the molecule is CCc1cccc2c1nc(O[C@@H]1C[C@H]3C(=O)N[C@]4(C(=O)NS(=O)(=O)N(C)C)C[C@H]4/C=C\CCCCC[C@H](NC(=O)OC(C)(C)C)C(=O)N3C1)n2C(C)C. The molecule has 2 aromatic rings. The van der Waals surface area contributed by atoms with Crippen molar-refractivity contribution >= 4 is 45.1 Å². The smallest absolute Gasteiger partial charge is 0.408 e. The molecule has 3 aliphatic rings. The maximum absolute atomic E-state index is 14.5. The van der Waals surface area contributed by atoms with Gasteiger partial charge < -0.3 is 25.0 Å². The second kappa shape index (κ2) is 15.7. The van der Waals surface area contributed by atoms with Crippen molar-refractivity contribution in [2.75, 3.05) is 20.6 Å². The number of nitrogens with zero attached hydrogens (tertiary/aromatic N) is 4.